The lowest BCUT2D eigenvalue weighted by atomic mass is 9.90. The third-order valence-electron chi connectivity index (χ3n) is 9.13. The fourth-order valence-electron chi connectivity index (χ4n) is 6.57. The van der Waals surface area contributed by atoms with Gasteiger partial charge in [-0.1, -0.05) is 92.1 Å². The molecule has 2 aliphatic rings. The van der Waals surface area contributed by atoms with Gasteiger partial charge in [0.2, 0.25) is 11.8 Å². The zero-order valence-corrected chi connectivity index (χ0v) is 26.2. The molecule has 3 aromatic carbocycles. The van der Waals surface area contributed by atoms with E-state index in [0.29, 0.717) is 25.7 Å². The number of carbonyl (C=O) groups excluding carboxylic acids is 2. The summed E-state index contributed by atoms with van der Waals surface area (Å²) in [5, 5.41) is 10.4. The molecule has 3 N–H and O–H groups in total. The van der Waals surface area contributed by atoms with E-state index in [4.69, 9.17) is 0 Å². The topological polar surface area (TPSA) is 73.5 Å². The largest absolute Gasteiger partial charge is 0.351 e. The molecule has 1 saturated carbocycles. The summed E-state index contributed by atoms with van der Waals surface area (Å²) < 4.78 is 13.2. The van der Waals surface area contributed by atoms with Crippen molar-refractivity contribution in [2.75, 3.05) is 26.2 Å². The molecule has 6 nitrogen and oxygen atoms in total. The van der Waals surface area contributed by atoms with Crippen molar-refractivity contribution in [3.63, 3.8) is 0 Å². The van der Waals surface area contributed by atoms with Gasteiger partial charge in [0.05, 0.1) is 6.04 Å². The molecule has 1 aliphatic carbocycles. The lowest BCUT2D eigenvalue weighted by Crippen LogP contribution is -2.49. The highest BCUT2D eigenvalue weighted by atomic mass is 19.1. The molecule has 1 saturated heterocycles. The summed E-state index contributed by atoms with van der Waals surface area (Å²) in [7, 11) is 0. The summed E-state index contributed by atoms with van der Waals surface area (Å²) in [6, 6.07) is 27.1. The molecule has 45 heavy (non-hydrogen) atoms. The Morgan fingerprint density at radius 2 is 1.58 bits per heavy atom. The number of amides is 2. The molecule has 0 spiro atoms. The summed E-state index contributed by atoms with van der Waals surface area (Å²) in [5.74, 6) is -0.319. The van der Waals surface area contributed by atoms with Crippen LogP contribution in [0.25, 0.3) is 6.08 Å². The van der Waals surface area contributed by atoms with E-state index in [-0.39, 0.29) is 35.6 Å². The van der Waals surface area contributed by atoms with Crippen molar-refractivity contribution in [3.05, 3.63) is 114 Å². The minimum Gasteiger partial charge on any atom is -0.351 e. The van der Waals surface area contributed by atoms with E-state index in [1.807, 2.05) is 17.0 Å². The molecule has 5 rings (SSSR count). The van der Waals surface area contributed by atoms with Gasteiger partial charge >= 0.3 is 0 Å². The predicted molar refractivity (Wildman–Crippen MR) is 179 cm³/mol. The number of hydrogen-bond acceptors (Lipinski definition) is 4. The van der Waals surface area contributed by atoms with E-state index in [1.54, 1.807) is 18.2 Å². The highest BCUT2D eigenvalue weighted by Gasteiger charge is 2.32. The van der Waals surface area contributed by atoms with Gasteiger partial charge in [-0.3, -0.25) is 9.59 Å². The van der Waals surface area contributed by atoms with Crippen LogP contribution in [-0.4, -0.2) is 61.0 Å². The maximum atomic E-state index is 14.1. The van der Waals surface area contributed by atoms with Crippen LogP contribution in [0.15, 0.2) is 91.0 Å². The Morgan fingerprint density at radius 3 is 2.24 bits per heavy atom. The monoisotopic (exact) mass is 610 g/mol. The van der Waals surface area contributed by atoms with Gasteiger partial charge in [-0.05, 0) is 73.5 Å². The van der Waals surface area contributed by atoms with Gasteiger partial charge in [-0.2, -0.15) is 0 Å². The molecule has 0 radical (unpaired) electrons. The first kappa shape index (κ1) is 32.6. The Balaban J connectivity index is 1.25. The van der Waals surface area contributed by atoms with Gasteiger partial charge in [0.15, 0.2) is 0 Å². The van der Waals surface area contributed by atoms with Crippen LogP contribution in [0.3, 0.4) is 0 Å². The highest BCUT2D eigenvalue weighted by Crippen LogP contribution is 2.27. The number of carbonyl (C=O) groups is 2. The molecular formula is C38H47FN4O2. The van der Waals surface area contributed by atoms with Crippen molar-refractivity contribution in [2.24, 2.45) is 0 Å². The van der Waals surface area contributed by atoms with E-state index < -0.39 is 0 Å². The molecule has 238 valence electrons. The lowest BCUT2D eigenvalue weighted by molar-refractivity contribution is -0.133. The van der Waals surface area contributed by atoms with Gasteiger partial charge in [-0.25, -0.2) is 4.39 Å². The minimum absolute atomic E-state index is 0.0367. The lowest BCUT2D eigenvalue weighted by Gasteiger charge is -2.29. The SMILES string of the molecule is O=C(/C=C/c1ccc(F)cc1)NCC1CCN(CC(c2ccccc2)c2ccccc2)C(=O)C(CCCNC2CCCCC2)N1. The van der Waals surface area contributed by atoms with Crippen LogP contribution in [0.5, 0.6) is 0 Å². The second-order valence-electron chi connectivity index (χ2n) is 12.4. The second kappa shape index (κ2) is 17.0. The highest BCUT2D eigenvalue weighted by molar-refractivity contribution is 5.91. The summed E-state index contributed by atoms with van der Waals surface area (Å²) in [6.45, 7) is 2.54. The molecular weight excluding hydrogens is 563 g/mol. The molecule has 2 amide bonds. The quantitative estimate of drug-likeness (QED) is 0.163. The van der Waals surface area contributed by atoms with E-state index in [9.17, 15) is 14.0 Å². The average Bonchev–Trinajstić information content (AvgIpc) is 3.23. The van der Waals surface area contributed by atoms with Crippen LogP contribution in [-0.2, 0) is 9.59 Å². The predicted octanol–water partition coefficient (Wildman–Crippen LogP) is 6.05. The molecule has 1 heterocycles. The number of nitrogens with zero attached hydrogens (tertiary/aromatic N) is 1. The first-order chi connectivity index (χ1) is 22.0. The molecule has 7 heteroatoms. The van der Waals surface area contributed by atoms with Gasteiger partial charge < -0.3 is 20.9 Å². The Kier molecular flexibility index (Phi) is 12.3. The van der Waals surface area contributed by atoms with Crippen LogP contribution in [0.1, 0.15) is 74.0 Å². The van der Waals surface area contributed by atoms with Gasteiger partial charge in [-0.15, -0.1) is 0 Å². The van der Waals surface area contributed by atoms with E-state index in [0.717, 1.165) is 31.4 Å². The number of nitrogens with one attached hydrogen (secondary N) is 3. The van der Waals surface area contributed by atoms with E-state index >= 15 is 0 Å². The number of halogens is 1. The summed E-state index contributed by atoms with van der Waals surface area (Å²) in [6.07, 6.45) is 12.0. The number of benzene rings is 3. The smallest absolute Gasteiger partial charge is 0.244 e. The zero-order chi connectivity index (χ0) is 31.3. The minimum atomic E-state index is -0.315. The number of rotatable bonds is 13. The van der Waals surface area contributed by atoms with Crippen molar-refractivity contribution in [1.82, 2.24) is 20.9 Å². The molecule has 2 unspecified atom stereocenters. The zero-order valence-electron chi connectivity index (χ0n) is 26.2. The van der Waals surface area contributed by atoms with Crippen LogP contribution >= 0.6 is 0 Å². The standard InChI is InChI=1S/C38H47FN4O2/c39-32-21-18-29(19-22-32)20-23-37(44)41-27-34-24-26-43(28-35(30-11-4-1-5-12-30)31-13-6-2-7-14-31)38(45)36(42-34)17-10-25-40-33-15-8-3-9-16-33/h1-2,4-7,11-14,18-23,33-36,40,42H,3,8-10,15-17,24-28H2,(H,41,44)/b23-20+. The fourth-order valence-corrected chi connectivity index (χ4v) is 6.57. The second-order valence-corrected chi connectivity index (χ2v) is 12.4. The van der Waals surface area contributed by atoms with Crippen LogP contribution in [0, 0.1) is 5.82 Å². The maximum absolute atomic E-state index is 14.1. The molecule has 1 aliphatic heterocycles. The molecule has 0 aromatic heterocycles. The summed E-state index contributed by atoms with van der Waals surface area (Å²) >= 11 is 0. The molecule has 0 bridgehead atoms. The average molecular weight is 611 g/mol. The van der Waals surface area contributed by atoms with Crippen molar-refractivity contribution < 1.29 is 14.0 Å². The van der Waals surface area contributed by atoms with Crippen molar-refractivity contribution in [3.8, 4) is 0 Å². The van der Waals surface area contributed by atoms with E-state index in [2.05, 4.69) is 64.5 Å². The molecule has 2 fully saturated rings. The Labute approximate surface area is 267 Å². The Morgan fingerprint density at radius 1 is 0.911 bits per heavy atom. The first-order valence-electron chi connectivity index (χ1n) is 16.6. The fraction of sp³-hybridized carbons (Fsp3) is 0.421. The summed E-state index contributed by atoms with van der Waals surface area (Å²) in [5.41, 5.74) is 3.14. The van der Waals surface area contributed by atoms with Gasteiger partial charge in [0.25, 0.3) is 0 Å². The summed E-state index contributed by atoms with van der Waals surface area (Å²) in [4.78, 5) is 28.8. The van der Waals surface area contributed by atoms with Crippen molar-refractivity contribution in [1.29, 1.82) is 0 Å². The third-order valence-corrected chi connectivity index (χ3v) is 9.13. The third kappa shape index (κ3) is 10.1. The van der Waals surface area contributed by atoms with Crippen molar-refractivity contribution >= 4 is 17.9 Å². The van der Waals surface area contributed by atoms with Gasteiger partial charge in [0.1, 0.15) is 5.82 Å². The van der Waals surface area contributed by atoms with Crippen molar-refractivity contribution in [2.45, 2.75) is 75.4 Å². The Hall–Kier alpha value is -3.81. The maximum Gasteiger partial charge on any atom is 0.244 e. The molecule has 2 atom stereocenters. The Bertz CT molecular complexity index is 1320. The van der Waals surface area contributed by atoms with Crippen LogP contribution in [0.2, 0.25) is 0 Å². The normalized spacial score (nSPS) is 19.6. The van der Waals surface area contributed by atoms with Crippen LogP contribution < -0.4 is 16.0 Å². The molecule has 3 aromatic rings. The first-order valence-corrected chi connectivity index (χ1v) is 16.6. The van der Waals surface area contributed by atoms with E-state index in [1.165, 1.54) is 61.4 Å². The van der Waals surface area contributed by atoms with Crippen LogP contribution in [0.4, 0.5) is 4.39 Å². The van der Waals surface area contributed by atoms with Gasteiger partial charge in [0, 0.05) is 43.7 Å². The number of hydrogen-bond donors (Lipinski definition) is 3.